The lowest BCUT2D eigenvalue weighted by molar-refractivity contribution is 0.107. The number of aryl methyl sites for hydroxylation is 1. The van der Waals surface area contributed by atoms with Gasteiger partial charge in [0.15, 0.2) is 0 Å². The molecule has 0 radical (unpaired) electrons. The highest BCUT2D eigenvalue weighted by Gasteiger charge is 2.29. The fourth-order valence-corrected chi connectivity index (χ4v) is 4.12. The average molecular weight is 302 g/mol. The number of benzene rings is 1. The number of piperidine rings is 1. The van der Waals surface area contributed by atoms with Crippen LogP contribution in [-0.2, 0) is 6.54 Å². The van der Waals surface area contributed by atoms with Crippen molar-refractivity contribution in [1.29, 1.82) is 0 Å². The lowest BCUT2D eigenvalue weighted by Crippen LogP contribution is -2.42. The molecule has 2 saturated heterocycles. The molecular weight excluding hydrogens is 272 g/mol. The topological polar surface area (TPSA) is 26.7 Å². The Balaban J connectivity index is 1.52. The maximum Gasteiger partial charge on any atom is 0.120 e. The minimum absolute atomic E-state index is 0.443. The second kappa shape index (κ2) is 7.01. The average Bonchev–Trinajstić information content (AvgIpc) is 3.05. The molecule has 2 aliphatic rings. The van der Waals surface area contributed by atoms with E-state index in [2.05, 4.69) is 29.7 Å². The first kappa shape index (κ1) is 15.8. The van der Waals surface area contributed by atoms with Gasteiger partial charge in [0, 0.05) is 18.2 Å². The Labute approximate surface area is 134 Å². The van der Waals surface area contributed by atoms with Crippen molar-refractivity contribution < 1.29 is 5.11 Å². The molecule has 122 valence electrons. The standard InChI is InChI=1S/C19H30N2O/c1-15-5-6-19(22)18(13-15)14-20-11-7-17(8-12-20)16(2)21-9-3-4-10-21/h5-6,13,16-17,22H,3-4,7-12,14H2,1-2H3/t16-/m0/s1. The van der Waals surface area contributed by atoms with Gasteiger partial charge >= 0.3 is 0 Å². The van der Waals surface area contributed by atoms with Crippen molar-refractivity contribution in [1.82, 2.24) is 9.80 Å². The Morgan fingerprint density at radius 1 is 1.14 bits per heavy atom. The van der Waals surface area contributed by atoms with Gasteiger partial charge in [0.1, 0.15) is 5.75 Å². The van der Waals surface area contributed by atoms with Crippen LogP contribution in [0.4, 0.5) is 0 Å². The number of phenolic OH excluding ortho intramolecular Hbond substituents is 1. The van der Waals surface area contributed by atoms with Gasteiger partial charge in [-0.3, -0.25) is 4.90 Å². The van der Waals surface area contributed by atoms with E-state index in [4.69, 9.17) is 0 Å². The fraction of sp³-hybridized carbons (Fsp3) is 0.684. The first-order valence-corrected chi connectivity index (χ1v) is 8.88. The maximum atomic E-state index is 10.0. The molecular formula is C19H30N2O. The number of hydrogen-bond acceptors (Lipinski definition) is 3. The minimum Gasteiger partial charge on any atom is -0.508 e. The van der Waals surface area contributed by atoms with Crippen LogP contribution in [0, 0.1) is 12.8 Å². The van der Waals surface area contributed by atoms with E-state index in [-0.39, 0.29) is 0 Å². The van der Waals surface area contributed by atoms with E-state index in [1.165, 1.54) is 44.3 Å². The number of nitrogens with zero attached hydrogens (tertiary/aromatic N) is 2. The van der Waals surface area contributed by atoms with Gasteiger partial charge in [0.05, 0.1) is 0 Å². The number of aromatic hydroxyl groups is 1. The summed E-state index contributed by atoms with van der Waals surface area (Å²) in [6.45, 7) is 10.3. The Hall–Kier alpha value is -1.06. The highest BCUT2D eigenvalue weighted by Crippen LogP contribution is 2.28. The Bertz CT molecular complexity index is 488. The molecule has 0 saturated carbocycles. The van der Waals surface area contributed by atoms with Crippen LogP contribution in [0.1, 0.15) is 43.7 Å². The number of phenols is 1. The van der Waals surface area contributed by atoms with E-state index in [0.29, 0.717) is 5.75 Å². The van der Waals surface area contributed by atoms with Crippen LogP contribution in [-0.4, -0.2) is 47.1 Å². The third kappa shape index (κ3) is 3.64. The van der Waals surface area contributed by atoms with Crippen molar-refractivity contribution in [2.24, 2.45) is 5.92 Å². The lowest BCUT2D eigenvalue weighted by Gasteiger charge is -2.38. The van der Waals surface area contributed by atoms with Crippen LogP contribution < -0.4 is 0 Å². The van der Waals surface area contributed by atoms with Gasteiger partial charge in [0.25, 0.3) is 0 Å². The lowest BCUT2D eigenvalue weighted by atomic mass is 9.89. The first-order valence-electron chi connectivity index (χ1n) is 8.88. The summed E-state index contributed by atoms with van der Waals surface area (Å²) in [6, 6.07) is 6.67. The highest BCUT2D eigenvalue weighted by atomic mass is 16.3. The normalized spacial score (nSPS) is 23.0. The fourth-order valence-electron chi connectivity index (χ4n) is 4.12. The molecule has 0 aromatic heterocycles. The molecule has 0 bridgehead atoms. The van der Waals surface area contributed by atoms with E-state index >= 15 is 0 Å². The molecule has 3 rings (SSSR count). The molecule has 1 aromatic rings. The molecule has 3 heteroatoms. The van der Waals surface area contributed by atoms with Crippen LogP contribution >= 0.6 is 0 Å². The number of hydrogen-bond donors (Lipinski definition) is 1. The van der Waals surface area contributed by atoms with Crippen LogP contribution in [0.3, 0.4) is 0 Å². The molecule has 0 unspecified atom stereocenters. The monoisotopic (exact) mass is 302 g/mol. The smallest absolute Gasteiger partial charge is 0.120 e. The quantitative estimate of drug-likeness (QED) is 0.923. The van der Waals surface area contributed by atoms with E-state index in [0.717, 1.165) is 37.2 Å². The van der Waals surface area contributed by atoms with E-state index in [1.54, 1.807) is 0 Å². The third-order valence-corrected chi connectivity index (χ3v) is 5.66. The van der Waals surface area contributed by atoms with Crippen molar-refractivity contribution in [3.8, 4) is 5.75 Å². The van der Waals surface area contributed by atoms with Crippen LogP contribution in [0.25, 0.3) is 0 Å². The summed E-state index contributed by atoms with van der Waals surface area (Å²) >= 11 is 0. The maximum absolute atomic E-state index is 10.0. The zero-order chi connectivity index (χ0) is 15.5. The van der Waals surface area contributed by atoms with Crippen molar-refractivity contribution >= 4 is 0 Å². The number of rotatable bonds is 4. The van der Waals surface area contributed by atoms with Crippen LogP contribution in [0.15, 0.2) is 18.2 Å². The first-order chi connectivity index (χ1) is 10.6. The van der Waals surface area contributed by atoms with Gasteiger partial charge in [-0.2, -0.15) is 0 Å². The van der Waals surface area contributed by atoms with E-state index in [1.807, 2.05) is 12.1 Å². The molecule has 2 heterocycles. The van der Waals surface area contributed by atoms with Gasteiger partial charge in [-0.25, -0.2) is 0 Å². The van der Waals surface area contributed by atoms with Crippen molar-refractivity contribution in [2.45, 2.75) is 52.1 Å². The largest absolute Gasteiger partial charge is 0.508 e. The molecule has 1 N–H and O–H groups in total. The predicted octanol–water partition coefficient (Wildman–Crippen LogP) is 3.40. The Morgan fingerprint density at radius 3 is 2.50 bits per heavy atom. The summed E-state index contributed by atoms with van der Waals surface area (Å²) in [7, 11) is 0. The second-order valence-electron chi connectivity index (χ2n) is 7.23. The molecule has 22 heavy (non-hydrogen) atoms. The van der Waals surface area contributed by atoms with Gasteiger partial charge < -0.3 is 10.0 Å². The zero-order valence-electron chi connectivity index (χ0n) is 14.1. The van der Waals surface area contributed by atoms with Gasteiger partial charge in [0.2, 0.25) is 0 Å². The molecule has 1 atom stereocenters. The summed E-state index contributed by atoms with van der Waals surface area (Å²) in [5.41, 5.74) is 2.30. The summed E-state index contributed by atoms with van der Waals surface area (Å²) in [5.74, 6) is 1.29. The summed E-state index contributed by atoms with van der Waals surface area (Å²) in [4.78, 5) is 5.19. The highest BCUT2D eigenvalue weighted by molar-refractivity contribution is 5.35. The molecule has 0 aliphatic carbocycles. The number of likely N-dealkylation sites (tertiary alicyclic amines) is 2. The Morgan fingerprint density at radius 2 is 1.82 bits per heavy atom. The van der Waals surface area contributed by atoms with Crippen molar-refractivity contribution in [3.63, 3.8) is 0 Å². The minimum atomic E-state index is 0.443. The van der Waals surface area contributed by atoms with Gasteiger partial charge in [-0.05, 0) is 77.7 Å². The Kier molecular flexibility index (Phi) is 5.04. The van der Waals surface area contributed by atoms with Crippen LogP contribution in [0.5, 0.6) is 5.75 Å². The summed E-state index contributed by atoms with van der Waals surface area (Å²) in [5, 5.41) is 10.0. The molecule has 3 nitrogen and oxygen atoms in total. The van der Waals surface area contributed by atoms with Crippen LogP contribution in [0.2, 0.25) is 0 Å². The van der Waals surface area contributed by atoms with Crippen molar-refractivity contribution in [2.75, 3.05) is 26.2 Å². The van der Waals surface area contributed by atoms with E-state index < -0.39 is 0 Å². The predicted molar refractivity (Wildman–Crippen MR) is 91.1 cm³/mol. The van der Waals surface area contributed by atoms with Crippen molar-refractivity contribution in [3.05, 3.63) is 29.3 Å². The van der Waals surface area contributed by atoms with Gasteiger partial charge in [-0.1, -0.05) is 17.7 Å². The molecule has 2 fully saturated rings. The summed E-state index contributed by atoms with van der Waals surface area (Å²) < 4.78 is 0. The second-order valence-corrected chi connectivity index (χ2v) is 7.23. The SMILES string of the molecule is Cc1ccc(O)c(CN2CCC([C@H](C)N3CCCC3)CC2)c1. The van der Waals surface area contributed by atoms with E-state index in [9.17, 15) is 5.11 Å². The molecule has 2 aliphatic heterocycles. The third-order valence-electron chi connectivity index (χ3n) is 5.66. The molecule has 0 amide bonds. The van der Waals surface area contributed by atoms with Gasteiger partial charge in [-0.15, -0.1) is 0 Å². The summed E-state index contributed by atoms with van der Waals surface area (Å²) in [6.07, 6.45) is 5.36. The zero-order valence-corrected chi connectivity index (χ0v) is 14.1. The molecule has 1 aromatic carbocycles. The molecule has 0 spiro atoms.